The van der Waals surface area contributed by atoms with Gasteiger partial charge in [-0.3, -0.25) is 4.79 Å². The molecule has 1 fully saturated rings. The predicted molar refractivity (Wildman–Crippen MR) is 112 cm³/mol. The normalized spacial score (nSPS) is 15.0. The maximum Gasteiger partial charge on any atom is 0.229 e. The van der Waals surface area contributed by atoms with Crippen LogP contribution in [0, 0.1) is 5.92 Å². The fourth-order valence-electron chi connectivity index (χ4n) is 3.69. The molecule has 0 aliphatic carbocycles. The molecule has 1 amide bonds. The third-order valence-corrected chi connectivity index (χ3v) is 5.86. The smallest absolute Gasteiger partial charge is 0.229 e. The van der Waals surface area contributed by atoms with Crippen LogP contribution in [0.4, 0.5) is 10.9 Å². The van der Waals surface area contributed by atoms with Gasteiger partial charge < -0.3 is 10.2 Å². The van der Waals surface area contributed by atoms with Gasteiger partial charge in [0.15, 0.2) is 10.8 Å². The zero-order valence-electron chi connectivity index (χ0n) is 15.6. The number of fused-ring (bicyclic) bond motifs is 1. The molecule has 1 N–H and O–H groups in total. The number of carbonyl (C=O) groups is 1. The summed E-state index contributed by atoms with van der Waals surface area (Å²) in [5.74, 6) is 0.903. The highest BCUT2D eigenvalue weighted by Crippen LogP contribution is 2.29. The molecule has 0 atom stereocenters. The highest BCUT2D eigenvalue weighted by Gasteiger charge is 2.27. The first kappa shape index (κ1) is 17.7. The van der Waals surface area contributed by atoms with E-state index >= 15 is 0 Å². The molecule has 1 aliphatic heterocycles. The number of thiazole rings is 1. The summed E-state index contributed by atoms with van der Waals surface area (Å²) >= 11 is 1.43. The van der Waals surface area contributed by atoms with Crippen molar-refractivity contribution < 1.29 is 4.79 Å². The number of amides is 1. The molecule has 0 unspecified atom stereocenters. The summed E-state index contributed by atoms with van der Waals surface area (Å²) in [4.78, 5) is 27.8. The van der Waals surface area contributed by atoms with Gasteiger partial charge >= 0.3 is 0 Å². The minimum absolute atomic E-state index is 0.0143. The lowest BCUT2D eigenvalue weighted by atomic mass is 9.96. The van der Waals surface area contributed by atoms with Crippen molar-refractivity contribution >= 4 is 39.2 Å². The quantitative estimate of drug-likeness (QED) is 0.561. The Kier molecular flexibility index (Phi) is 4.65. The fraction of sp³-hybridized carbons (Fsp3) is 0.250. The molecule has 3 aromatic heterocycles. The molecular formula is C20H19N7OS. The van der Waals surface area contributed by atoms with Gasteiger partial charge in [-0.2, -0.15) is 5.10 Å². The first-order chi connectivity index (χ1) is 14.3. The summed E-state index contributed by atoms with van der Waals surface area (Å²) in [7, 11) is 0. The molecule has 0 saturated carbocycles. The first-order valence-corrected chi connectivity index (χ1v) is 10.4. The first-order valence-electron chi connectivity index (χ1n) is 9.49. The molecule has 9 heteroatoms. The summed E-state index contributed by atoms with van der Waals surface area (Å²) < 4.78 is 1.83. The summed E-state index contributed by atoms with van der Waals surface area (Å²) in [5, 5.41) is 10.9. The van der Waals surface area contributed by atoms with Gasteiger partial charge in [-0.05, 0) is 25.0 Å². The van der Waals surface area contributed by atoms with Crippen molar-refractivity contribution in [2.45, 2.75) is 12.8 Å². The van der Waals surface area contributed by atoms with Crippen LogP contribution in [-0.2, 0) is 4.79 Å². The highest BCUT2D eigenvalue weighted by molar-refractivity contribution is 7.13. The Labute approximate surface area is 171 Å². The number of hydrogen-bond acceptors (Lipinski definition) is 7. The number of nitrogens with one attached hydrogen (secondary N) is 1. The fourth-order valence-corrected chi connectivity index (χ4v) is 4.22. The Hall–Kier alpha value is -3.33. The minimum atomic E-state index is -0.0143. The van der Waals surface area contributed by atoms with Gasteiger partial charge in [0.25, 0.3) is 0 Å². The van der Waals surface area contributed by atoms with E-state index < -0.39 is 0 Å². The molecule has 4 heterocycles. The topological polar surface area (TPSA) is 88.8 Å². The third-order valence-electron chi connectivity index (χ3n) is 5.17. The van der Waals surface area contributed by atoms with Crippen LogP contribution in [0.2, 0.25) is 0 Å². The third kappa shape index (κ3) is 3.44. The largest absolute Gasteiger partial charge is 0.356 e. The maximum atomic E-state index is 12.5. The monoisotopic (exact) mass is 405 g/mol. The molecule has 146 valence electrons. The van der Waals surface area contributed by atoms with E-state index in [4.69, 9.17) is 0 Å². The Balaban J connectivity index is 1.33. The van der Waals surface area contributed by atoms with Crippen molar-refractivity contribution in [3.8, 4) is 5.69 Å². The average Bonchev–Trinajstić information content (AvgIpc) is 3.44. The van der Waals surface area contributed by atoms with E-state index in [1.807, 2.05) is 46.6 Å². The standard InChI is InChI=1S/C20H19N7OS/c28-19(25-20-21-8-11-29-20)14-6-9-26(10-7-14)17-16-12-24-27(18(16)23-13-22-17)15-4-2-1-3-5-15/h1-5,8,11-14H,6-7,9-10H2,(H,21,25,28). The van der Waals surface area contributed by atoms with E-state index in [1.54, 1.807) is 12.5 Å². The van der Waals surface area contributed by atoms with E-state index in [1.165, 1.54) is 11.3 Å². The van der Waals surface area contributed by atoms with E-state index in [0.29, 0.717) is 5.13 Å². The molecule has 0 spiro atoms. The highest BCUT2D eigenvalue weighted by atomic mass is 32.1. The minimum Gasteiger partial charge on any atom is -0.356 e. The number of para-hydroxylation sites is 1. The molecule has 1 saturated heterocycles. The molecule has 0 bridgehead atoms. The van der Waals surface area contributed by atoms with E-state index in [9.17, 15) is 4.79 Å². The van der Waals surface area contributed by atoms with Gasteiger partial charge in [0.2, 0.25) is 5.91 Å². The van der Waals surface area contributed by atoms with Crippen LogP contribution >= 0.6 is 11.3 Å². The summed E-state index contributed by atoms with van der Waals surface area (Å²) in [5.41, 5.74) is 1.74. The number of piperidine rings is 1. The lowest BCUT2D eigenvalue weighted by Gasteiger charge is -2.32. The Bertz CT molecular complexity index is 1120. The Morgan fingerprint density at radius 3 is 2.69 bits per heavy atom. The van der Waals surface area contributed by atoms with Gasteiger partial charge in [-0.25, -0.2) is 19.6 Å². The zero-order valence-corrected chi connectivity index (χ0v) is 16.4. The van der Waals surface area contributed by atoms with E-state index in [0.717, 1.165) is 48.5 Å². The second-order valence-electron chi connectivity index (χ2n) is 6.91. The predicted octanol–water partition coefficient (Wildman–Crippen LogP) is 3.13. The van der Waals surface area contributed by atoms with E-state index in [2.05, 4.69) is 30.3 Å². The molecule has 29 heavy (non-hydrogen) atoms. The number of carbonyl (C=O) groups excluding carboxylic acids is 1. The van der Waals surface area contributed by atoms with Crippen molar-refractivity contribution in [1.29, 1.82) is 0 Å². The van der Waals surface area contributed by atoms with E-state index in [-0.39, 0.29) is 11.8 Å². The van der Waals surface area contributed by atoms with Crippen LogP contribution in [0.15, 0.2) is 54.4 Å². The number of anilines is 2. The van der Waals surface area contributed by atoms with Crippen LogP contribution < -0.4 is 10.2 Å². The number of hydrogen-bond donors (Lipinski definition) is 1. The SMILES string of the molecule is O=C(Nc1nccs1)C1CCN(c2ncnc3c2cnn3-c2ccccc2)CC1. The van der Waals surface area contributed by atoms with Crippen molar-refractivity contribution in [1.82, 2.24) is 24.7 Å². The Morgan fingerprint density at radius 2 is 1.93 bits per heavy atom. The van der Waals surface area contributed by atoms with Gasteiger partial charge in [0.1, 0.15) is 12.1 Å². The molecule has 1 aromatic carbocycles. The average molecular weight is 405 g/mol. The molecule has 0 radical (unpaired) electrons. The summed E-state index contributed by atoms with van der Waals surface area (Å²) in [6.45, 7) is 1.52. The van der Waals surface area contributed by atoms with Crippen LogP contribution in [0.1, 0.15) is 12.8 Å². The number of benzene rings is 1. The van der Waals surface area contributed by atoms with Gasteiger partial charge in [0, 0.05) is 30.6 Å². The van der Waals surface area contributed by atoms with Crippen molar-refractivity contribution in [2.75, 3.05) is 23.3 Å². The van der Waals surface area contributed by atoms with Crippen molar-refractivity contribution in [3.05, 3.63) is 54.4 Å². The summed E-state index contributed by atoms with van der Waals surface area (Å²) in [6, 6.07) is 9.94. The number of rotatable bonds is 4. The molecule has 5 rings (SSSR count). The molecule has 1 aliphatic rings. The zero-order chi connectivity index (χ0) is 19.6. The molecular weight excluding hydrogens is 386 g/mol. The van der Waals surface area contributed by atoms with Gasteiger partial charge in [0.05, 0.1) is 17.3 Å². The number of nitrogens with zero attached hydrogens (tertiary/aromatic N) is 6. The van der Waals surface area contributed by atoms with Gasteiger partial charge in [-0.1, -0.05) is 18.2 Å². The lowest BCUT2D eigenvalue weighted by molar-refractivity contribution is -0.120. The molecule has 4 aromatic rings. The van der Waals surface area contributed by atoms with Crippen LogP contribution in [-0.4, -0.2) is 43.7 Å². The van der Waals surface area contributed by atoms with Crippen molar-refractivity contribution in [2.24, 2.45) is 5.92 Å². The van der Waals surface area contributed by atoms with Crippen LogP contribution in [0.25, 0.3) is 16.7 Å². The second kappa shape index (κ2) is 7.59. The van der Waals surface area contributed by atoms with Gasteiger partial charge in [-0.15, -0.1) is 11.3 Å². The Morgan fingerprint density at radius 1 is 1.10 bits per heavy atom. The molecule has 8 nitrogen and oxygen atoms in total. The second-order valence-corrected chi connectivity index (χ2v) is 7.81. The van der Waals surface area contributed by atoms with Crippen LogP contribution in [0.3, 0.4) is 0 Å². The number of aromatic nitrogens is 5. The lowest BCUT2D eigenvalue weighted by Crippen LogP contribution is -2.38. The van der Waals surface area contributed by atoms with Crippen molar-refractivity contribution in [3.63, 3.8) is 0 Å². The van der Waals surface area contributed by atoms with Crippen LogP contribution in [0.5, 0.6) is 0 Å². The maximum absolute atomic E-state index is 12.5. The summed E-state index contributed by atoms with van der Waals surface area (Å²) in [6.07, 6.45) is 6.64.